The molecule has 2 heterocycles. The summed E-state index contributed by atoms with van der Waals surface area (Å²) in [6.07, 6.45) is 1.66. The van der Waals surface area contributed by atoms with Gasteiger partial charge in [0.2, 0.25) is 20.9 Å². The molecule has 0 saturated carbocycles. The Balaban J connectivity index is 2.01. The fourth-order valence-electron chi connectivity index (χ4n) is 2.04. The van der Waals surface area contributed by atoms with Crippen LogP contribution in [0.1, 0.15) is 13.3 Å². The number of rotatable bonds is 5. The van der Waals surface area contributed by atoms with Gasteiger partial charge in [0.25, 0.3) is 5.89 Å². The van der Waals surface area contributed by atoms with Crippen LogP contribution in [-0.4, -0.2) is 34.3 Å². The van der Waals surface area contributed by atoms with Crippen molar-refractivity contribution in [3.05, 3.63) is 40.5 Å². The van der Waals surface area contributed by atoms with E-state index >= 15 is 0 Å². The highest BCUT2D eigenvalue weighted by Gasteiger charge is 2.22. The molecule has 2 aromatic heterocycles. The van der Waals surface area contributed by atoms with E-state index in [4.69, 9.17) is 27.6 Å². The van der Waals surface area contributed by atoms with Gasteiger partial charge in [0, 0.05) is 10.6 Å². The van der Waals surface area contributed by atoms with E-state index in [-0.39, 0.29) is 33.4 Å². The summed E-state index contributed by atoms with van der Waals surface area (Å²) >= 11 is 11.9. The van der Waals surface area contributed by atoms with Gasteiger partial charge in [0.15, 0.2) is 5.69 Å². The van der Waals surface area contributed by atoms with Crippen LogP contribution in [0.3, 0.4) is 0 Å². The van der Waals surface area contributed by atoms with Crippen LogP contribution in [0.2, 0.25) is 10.0 Å². The number of halogens is 2. The second-order valence-electron chi connectivity index (χ2n) is 5.09. The minimum atomic E-state index is -3.59. The zero-order valence-electron chi connectivity index (χ0n) is 13.0. The van der Waals surface area contributed by atoms with Crippen LogP contribution in [0, 0.1) is 0 Å². The number of hydrogen-bond donors (Lipinski definition) is 0. The largest absolute Gasteiger partial charge is 0.415 e. The average Bonchev–Trinajstić information content (AvgIpc) is 3.05. The topological polar surface area (TPSA) is 98.8 Å². The summed E-state index contributed by atoms with van der Waals surface area (Å²) < 4.78 is 29.8. The zero-order valence-corrected chi connectivity index (χ0v) is 15.3. The van der Waals surface area contributed by atoms with E-state index in [2.05, 4.69) is 20.2 Å². The maximum Gasteiger partial charge on any atom is 0.268 e. The third-order valence-corrected chi connectivity index (χ3v) is 5.42. The number of sulfone groups is 1. The Bertz CT molecular complexity index is 1000. The minimum Gasteiger partial charge on any atom is -0.415 e. The third kappa shape index (κ3) is 3.81. The van der Waals surface area contributed by atoms with Gasteiger partial charge in [0.05, 0.1) is 17.0 Å². The monoisotopic (exact) mass is 398 g/mol. The van der Waals surface area contributed by atoms with Gasteiger partial charge in [-0.1, -0.05) is 30.1 Å². The molecule has 0 saturated heterocycles. The first-order chi connectivity index (χ1) is 11.9. The van der Waals surface area contributed by atoms with Crippen molar-refractivity contribution < 1.29 is 12.8 Å². The lowest BCUT2D eigenvalue weighted by Gasteiger charge is -2.03. The van der Waals surface area contributed by atoms with Gasteiger partial charge in [-0.2, -0.15) is 0 Å². The molecule has 0 aliphatic carbocycles. The van der Waals surface area contributed by atoms with E-state index in [1.165, 1.54) is 6.20 Å². The van der Waals surface area contributed by atoms with Gasteiger partial charge in [-0.3, -0.25) is 0 Å². The third-order valence-electron chi connectivity index (χ3n) is 3.19. The molecule has 0 amide bonds. The molecule has 0 unspecified atom stereocenters. The van der Waals surface area contributed by atoms with Crippen molar-refractivity contribution in [2.24, 2.45) is 0 Å². The Kier molecular flexibility index (Phi) is 5.03. The molecule has 10 heteroatoms. The lowest BCUT2D eigenvalue weighted by atomic mass is 10.2. The predicted octanol–water partition coefficient (Wildman–Crippen LogP) is 3.68. The molecule has 3 rings (SSSR count). The molecular weight excluding hydrogens is 387 g/mol. The van der Waals surface area contributed by atoms with Crippen molar-refractivity contribution >= 4 is 33.0 Å². The molecule has 0 radical (unpaired) electrons. The molecule has 25 heavy (non-hydrogen) atoms. The summed E-state index contributed by atoms with van der Waals surface area (Å²) in [7, 11) is -3.59. The van der Waals surface area contributed by atoms with Crippen LogP contribution in [-0.2, 0) is 9.84 Å². The molecule has 130 valence electrons. The Morgan fingerprint density at radius 1 is 1.08 bits per heavy atom. The van der Waals surface area contributed by atoms with Crippen molar-refractivity contribution in [2.45, 2.75) is 18.5 Å². The summed E-state index contributed by atoms with van der Waals surface area (Å²) in [6.45, 7) is 1.75. The lowest BCUT2D eigenvalue weighted by Crippen LogP contribution is -2.11. The van der Waals surface area contributed by atoms with E-state index in [0.717, 1.165) is 0 Å². The van der Waals surface area contributed by atoms with Crippen LogP contribution in [0.15, 0.2) is 40.0 Å². The normalized spacial score (nSPS) is 11.6. The average molecular weight is 399 g/mol. The minimum absolute atomic E-state index is 0.00491. The van der Waals surface area contributed by atoms with Gasteiger partial charge in [-0.25, -0.2) is 18.4 Å². The first-order valence-corrected chi connectivity index (χ1v) is 9.66. The van der Waals surface area contributed by atoms with E-state index in [0.29, 0.717) is 17.0 Å². The Labute approximate surface area is 154 Å². The molecule has 7 nitrogen and oxygen atoms in total. The van der Waals surface area contributed by atoms with E-state index < -0.39 is 9.84 Å². The van der Waals surface area contributed by atoms with Gasteiger partial charge in [-0.05, 0) is 30.7 Å². The summed E-state index contributed by atoms with van der Waals surface area (Å²) in [6, 6.07) is 6.82. The summed E-state index contributed by atoms with van der Waals surface area (Å²) in [4.78, 5) is 7.80. The second kappa shape index (κ2) is 7.07. The predicted molar refractivity (Wildman–Crippen MR) is 93.1 cm³/mol. The molecule has 0 fully saturated rings. The Hall–Kier alpha value is -2.03. The fourth-order valence-corrected chi connectivity index (χ4v) is 3.50. The molecule has 0 aliphatic rings. The SMILES string of the molecule is CCCS(=O)(=O)c1ncc(Cl)c(-c2nnc(-c3ccc(Cl)cc3)o2)n1. The quantitative estimate of drug-likeness (QED) is 0.604. The molecule has 0 spiro atoms. The maximum atomic E-state index is 12.1. The van der Waals surface area contributed by atoms with Crippen molar-refractivity contribution in [1.29, 1.82) is 0 Å². The maximum absolute atomic E-state index is 12.1. The Morgan fingerprint density at radius 3 is 2.44 bits per heavy atom. The first kappa shape index (κ1) is 17.8. The smallest absolute Gasteiger partial charge is 0.268 e. The summed E-state index contributed by atoms with van der Waals surface area (Å²) in [5.41, 5.74) is 0.728. The van der Waals surface area contributed by atoms with Crippen LogP contribution in [0.4, 0.5) is 0 Å². The van der Waals surface area contributed by atoms with E-state index in [1.54, 1.807) is 31.2 Å². The number of aromatic nitrogens is 4. The highest BCUT2D eigenvalue weighted by Crippen LogP contribution is 2.28. The standard InChI is InChI=1S/C15H12Cl2N4O3S/c1-2-7-25(22,23)15-18-8-11(17)12(19-15)14-21-20-13(24-14)9-3-5-10(16)6-4-9/h3-6,8H,2,7H2,1H3. The van der Waals surface area contributed by atoms with Gasteiger partial charge in [0.1, 0.15) is 0 Å². The van der Waals surface area contributed by atoms with Crippen LogP contribution in [0.25, 0.3) is 23.0 Å². The summed E-state index contributed by atoms with van der Waals surface area (Å²) in [5, 5.41) is 8.20. The van der Waals surface area contributed by atoms with Crippen molar-refractivity contribution in [2.75, 3.05) is 5.75 Å². The van der Waals surface area contributed by atoms with Crippen LogP contribution in [0.5, 0.6) is 0 Å². The molecule has 0 aliphatic heterocycles. The van der Waals surface area contributed by atoms with Crippen LogP contribution < -0.4 is 0 Å². The molecular formula is C15H12Cl2N4O3S. The molecule has 0 bridgehead atoms. The number of benzene rings is 1. The van der Waals surface area contributed by atoms with Crippen molar-refractivity contribution in [3.8, 4) is 23.0 Å². The molecule has 3 aromatic rings. The van der Waals surface area contributed by atoms with Gasteiger partial charge >= 0.3 is 0 Å². The zero-order chi connectivity index (χ0) is 18.0. The van der Waals surface area contributed by atoms with Crippen molar-refractivity contribution in [1.82, 2.24) is 20.2 Å². The highest BCUT2D eigenvalue weighted by atomic mass is 35.5. The highest BCUT2D eigenvalue weighted by molar-refractivity contribution is 7.91. The van der Waals surface area contributed by atoms with Gasteiger partial charge in [-0.15, -0.1) is 10.2 Å². The molecule has 0 N–H and O–H groups in total. The van der Waals surface area contributed by atoms with E-state index in [9.17, 15) is 8.42 Å². The van der Waals surface area contributed by atoms with Gasteiger partial charge < -0.3 is 4.42 Å². The molecule has 0 atom stereocenters. The second-order valence-corrected chi connectivity index (χ2v) is 7.93. The number of nitrogens with zero attached hydrogens (tertiary/aromatic N) is 4. The fraction of sp³-hybridized carbons (Fsp3) is 0.200. The first-order valence-electron chi connectivity index (χ1n) is 7.26. The van der Waals surface area contributed by atoms with Crippen molar-refractivity contribution in [3.63, 3.8) is 0 Å². The van der Waals surface area contributed by atoms with E-state index in [1.807, 2.05) is 0 Å². The van der Waals surface area contributed by atoms with Crippen LogP contribution >= 0.6 is 23.2 Å². The summed E-state index contributed by atoms with van der Waals surface area (Å²) in [5.74, 6) is 0.179. The Morgan fingerprint density at radius 2 is 1.76 bits per heavy atom. The lowest BCUT2D eigenvalue weighted by molar-refractivity contribution is 0.576. The number of hydrogen-bond acceptors (Lipinski definition) is 7. The molecule has 1 aromatic carbocycles.